The first-order valence-electron chi connectivity index (χ1n) is 6.22. The van der Waals surface area contributed by atoms with Crippen molar-refractivity contribution >= 4 is 42.8 Å². The number of hydrogen-bond acceptors (Lipinski definition) is 4. The SMILES string of the molecule is O=S(=O)(O)C1CCC(F)C1.O=S(=O)(O)C1CCCC1I. The molecule has 0 spiro atoms. The Morgan fingerprint density at radius 2 is 1.55 bits per heavy atom. The molecule has 4 atom stereocenters. The van der Waals surface area contributed by atoms with Crippen LogP contribution in [0.5, 0.6) is 0 Å². The van der Waals surface area contributed by atoms with E-state index in [0.29, 0.717) is 6.42 Å². The van der Waals surface area contributed by atoms with Gasteiger partial charge in [0.1, 0.15) is 6.17 Å². The van der Waals surface area contributed by atoms with E-state index in [4.69, 9.17) is 9.11 Å². The van der Waals surface area contributed by atoms with E-state index in [9.17, 15) is 21.2 Å². The van der Waals surface area contributed by atoms with Gasteiger partial charge in [-0.25, -0.2) is 4.39 Å². The maximum Gasteiger partial charge on any atom is 0.268 e. The second-order valence-electron chi connectivity index (χ2n) is 5.05. The summed E-state index contributed by atoms with van der Waals surface area (Å²) in [6.45, 7) is 0. The molecule has 0 aromatic heterocycles. The first-order valence-corrected chi connectivity index (χ1v) is 10.5. The first kappa shape index (κ1) is 18.5. The molecular formula is C10H18FIO6S2. The second kappa shape index (κ2) is 7.16. The summed E-state index contributed by atoms with van der Waals surface area (Å²) in [5, 5.41) is -1.37. The zero-order valence-corrected chi connectivity index (χ0v) is 14.4. The van der Waals surface area contributed by atoms with Gasteiger partial charge in [0, 0.05) is 3.92 Å². The van der Waals surface area contributed by atoms with Crippen molar-refractivity contribution in [3.8, 4) is 0 Å². The molecular weight excluding hydrogens is 426 g/mol. The lowest BCUT2D eigenvalue weighted by atomic mass is 10.3. The van der Waals surface area contributed by atoms with E-state index in [1.165, 1.54) is 0 Å². The Hall–Kier alpha value is 0.480. The van der Waals surface area contributed by atoms with Crippen LogP contribution in [0.3, 0.4) is 0 Å². The molecule has 120 valence electrons. The van der Waals surface area contributed by atoms with Crippen molar-refractivity contribution in [3.05, 3.63) is 0 Å². The molecule has 20 heavy (non-hydrogen) atoms. The summed E-state index contributed by atoms with van der Waals surface area (Å²) in [7, 11) is -7.73. The highest BCUT2D eigenvalue weighted by Gasteiger charge is 2.34. The van der Waals surface area contributed by atoms with Gasteiger partial charge in [-0.3, -0.25) is 9.11 Å². The summed E-state index contributed by atoms with van der Waals surface area (Å²) in [6.07, 6.45) is 1.85. The van der Waals surface area contributed by atoms with Crippen LogP contribution >= 0.6 is 22.6 Å². The van der Waals surface area contributed by atoms with E-state index in [2.05, 4.69) is 22.6 Å². The Bertz CT molecular complexity index is 520. The maximum absolute atomic E-state index is 12.3. The molecule has 0 radical (unpaired) electrons. The van der Waals surface area contributed by atoms with Crippen molar-refractivity contribution in [2.45, 2.75) is 59.1 Å². The first-order chi connectivity index (χ1) is 9.01. The maximum atomic E-state index is 12.3. The molecule has 2 saturated carbocycles. The van der Waals surface area contributed by atoms with Gasteiger partial charge in [0.15, 0.2) is 0 Å². The van der Waals surface area contributed by atoms with Gasteiger partial charge in [0.25, 0.3) is 20.2 Å². The van der Waals surface area contributed by atoms with Crippen LogP contribution in [0.1, 0.15) is 38.5 Å². The standard InChI is InChI=1S/C5H9FO3S.C5H9IO3S/c6-4-1-2-5(3-4)10(7,8)9;6-4-2-1-3-5(4)10(7,8)9/h2*4-5H,1-3H2,(H,7,8,9). The largest absolute Gasteiger partial charge is 0.285 e. The van der Waals surface area contributed by atoms with Crippen molar-refractivity contribution < 1.29 is 30.3 Å². The van der Waals surface area contributed by atoms with E-state index in [-0.39, 0.29) is 23.2 Å². The predicted octanol–water partition coefficient (Wildman–Crippen LogP) is 2.00. The lowest BCUT2D eigenvalue weighted by Gasteiger charge is -2.08. The van der Waals surface area contributed by atoms with Gasteiger partial charge in [-0.15, -0.1) is 0 Å². The van der Waals surface area contributed by atoms with Crippen molar-refractivity contribution in [3.63, 3.8) is 0 Å². The van der Waals surface area contributed by atoms with Crippen molar-refractivity contribution in [2.75, 3.05) is 0 Å². The van der Waals surface area contributed by atoms with Gasteiger partial charge in [0.05, 0.1) is 10.5 Å². The van der Waals surface area contributed by atoms with Gasteiger partial charge in [0.2, 0.25) is 0 Å². The molecule has 0 amide bonds. The Kier molecular flexibility index (Phi) is 6.63. The van der Waals surface area contributed by atoms with Crippen molar-refractivity contribution in [2.24, 2.45) is 0 Å². The molecule has 6 nitrogen and oxygen atoms in total. The fourth-order valence-electron chi connectivity index (χ4n) is 2.37. The van der Waals surface area contributed by atoms with Gasteiger partial charge in [-0.2, -0.15) is 16.8 Å². The summed E-state index contributed by atoms with van der Waals surface area (Å²) in [5.41, 5.74) is 0. The molecule has 2 aliphatic carbocycles. The molecule has 0 heterocycles. The highest BCUT2D eigenvalue weighted by atomic mass is 127. The van der Waals surface area contributed by atoms with E-state index < -0.39 is 36.9 Å². The molecule has 2 N–H and O–H groups in total. The van der Waals surface area contributed by atoms with Gasteiger partial charge >= 0.3 is 0 Å². The molecule has 0 aliphatic heterocycles. The minimum atomic E-state index is -3.98. The third-order valence-electron chi connectivity index (χ3n) is 3.50. The van der Waals surface area contributed by atoms with Crippen LogP contribution in [0.25, 0.3) is 0 Å². The molecule has 2 fully saturated rings. The average Bonchev–Trinajstić information content (AvgIpc) is 2.85. The Morgan fingerprint density at radius 1 is 0.950 bits per heavy atom. The number of hydrogen-bond donors (Lipinski definition) is 2. The van der Waals surface area contributed by atoms with E-state index in [1.54, 1.807) is 0 Å². The van der Waals surface area contributed by atoms with Crippen molar-refractivity contribution in [1.82, 2.24) is 0 Å². The highest BCUT2D eigenvalue weighted by Crippen LogP contribution is 2.30. The average molecular weight is 444 g/mol. The predicted molar refractivity (Wildman–Crippen MR) is 81.1 cm³/mol. The van der Waals surface area contributed by atoms with Crippen LogP contribution in [0, 0.1) is 0 Å². The summed E-state index contributed by atoms with van der Waals surface area (Å²) in [6, 6.07) is 0. The Labute approximate surface area is 132 Å². The van der Waals surface area contributed by atoms with Crippen LogP contribution in [0.2, 0.25) is 0 Å². The Balaban J connectivity index is 0.000000200. The minimum Gasteiger partial charge on any atom is -0.285 e. The fourth-order valence-corrected chi connectivity index (χ4v) is 6.15. The Morgan fingerprint density at radius 3 is 1.75 bits per heavy atom. The second-order valence-corrected chi connectivity index (χ2v) is 9.98. The molecule has 4 unspecified atom stereocenters. The molecule has 2 rings (SSSR count). The van der Waals surface area contributed by atoms with E-state index in [1.807, 2.05) is 0 Å². The highest BCUT2D eigenvalue weighted by molar-refractivity contribution is 14.1. The zero-order valence-electron chi connectivity index (χ0n) is 10.7. The number of alkyl halides is 2. The lowest BCUT2D eigenvalue weighted by Crippen LogP contribution is -2.24. The molecule has 2 aliphatic rings. The third-order valence-corrected chi connectivity index (χ3v) is 8.08. The van der Waals surface area contributed by atoms with Crippen LogP contribution in [0.4, 0.5) is 4.39 Å². The zero-order chi connectivity index (χ0) is 15.6. The molecule has 10 heteroatoms. The van der Waals surface area contributed by atoms with E-state index in [0.717, 1.165) is 12.8 Å². The molecule has 0 aromatic rings. The van der Waals surface area contributed by atoms with Crippen molar-refractivity contribution in [1.29, 1.82) is 0 Å². The topological polar surface area (TPSA) is 109 Å². The minimum absolute atomic E-state index is 0.0428. The van der Waals surface area contributed by atoms with Crippen LogP contribution in [-0.2, 0) is 20.2 Å². The van der Waals surface area contributed by atoms with Gasteiger partial charge < -0.3 is 0 Å². The van der Waals surface area contributed by atoms with Crippen LogP contribution in [0.15, 0.2) is 0 Å². The van der Waals surface area contributed by atoms with Gasteiger partial charge in [-0.05, 0) is 32.1 Å². The smallest absolute Gasteiger partial charge is 0.268 e. The van der Waals surface area contributed by atoms with Crippen LogP contribution < -0.4 is 0 Å². The fraction of sp³-hybridized carbons (Fsp3) is 1.00. The van der Waals surface area contributed by atoms with Gasteiger partial charge in [-0.1, -0.05) is 29.0 Å². The monoisotopic (exact) mass is 444 g/mol. The third kappa shape index (κ3) is 5.70. The normalized spacial score (nSPS) is 34.6. The molecule has 0 aromatic carbocycles. The molecule has 0 bridgehead atoms. The number of rotatable bonds is 2. The summed E-state index contributed by atoms with van der Waals surface area (Å²) in [5.74, 6) is 0. The quantitative estimate of drug-likeness (QED) is 0.383. The summed E-state index contributed by atoms with van der Waals surface area (Å²) < 4.78 is 71.5. The van der Waals surface area contributed by atoms with Crippen LogP contribution in [-0.4, -0.2) is 46.5 Å². The van der Waals surface area contributed by atoms with E-state index >= 15 is 0 Å². The molecule has 0 saturated heterocycles. The summed E-state index contributed by atoms with van der Waals surface area (Å²) in [4.78, 5) is 0. The lowest BCUT2D eigenvalue weighted by molar-refractivity contribution is 0.341. The number of halogens is 2. The summed E-state index contributed by atoms with van der Waals surface area (Å²) >= 11 is 2.08.